The molecular formula is C16H21Cl2N3O2. The number of ether oxygens (including phenoxy) is 1. The van der Waals surface area contributed by atoms with Gasteiger partial charge in [0.25, 0.3) is 0 Å². The van der Waals surface area contributed by atoms with Crippen molar-refractivity contribution in [2.75, 3.05) is 11.9 Å². The zero-order valence-corrected chi connectivity index (χ0v) is 14.2. The molecule has 0 unspecified atom stereocenters. The Morgan fingerprint density at radius 3 is 2.70 bits per heavy atom. The molecule has 0 spiro atoms. The van der Waals surface area contributed by atoms with Crippen molar-refractivity contribution in [3.8, 4) is 5.75 Å². The van der Waals surface area contributed by atoms with Gasteiger partial charge >= 0.3 is 0 Å². The van der Waals surface area contributed by atoms with Crippen molar-refractivity contribution in [1.29, 1.82) is 0 Å². The lowest BCUT2D eigenvalue weighted by Gasteiger charge is -2.09. The lowest BCUT2D eigenvalue weighted by Crippen LogP contribution is -2.13. The Bertz CT molecular complexity index is 583. The van der Waals surface area contributed by atoms with Crippen molar-refractivity contribution < 1.29 is 9.53 Å². The monoisotopic (exact) mass is 357 g/mol. The Balaban J connectivity index is 0.00000242. The summed E-state index contributed by atoms with van der Waals surface area (Å²) in [7, 11) is 0. The molecule has 0 aliphatic heterocycles. The van der Waals surface area contributed by atoms with Gasteiger partial charge in [-0.3, -0.25) is 9.78 Å². The summed E-state index contributed by atoms with van der Waals surface area (Å²) < 4.78 is 5.66. The second-order valence-corrected chi connectivity index (χ2v) is 4.58. The average Bonchev–Trinajstić information content (AvgIpc) is 2.52. The number of carbonyl (C=O) groups is 1. The van der Waals surface area contributed by atoms with Crippen LogP contribution in [0.15, 0.2) is 48.7 Å². The molecule has 1 aromatic heterocycles. The van der Waals surface area contributed by atoms with E-state index in [4.69, 9.17) is 10.5 Å². The lowest BCUT2D eigenvalue weighted by atomic mass is 10.2. The van der Waals surface area contributed by atoms with E-state index in [1.165, 1.54) is 0 Å². The standard InChI is InChI=1S/C16H19N3O2.2ClH/c17-9-4-8-16(20)19-13-6-3-7-15(11-13)21-12-14-5-1-2-10-18-14;;/h1-3,5-7,10-11H,4,8-9,12,17H2,(H,19,20);2*1H. The van der Waals surface area contributed by atoms with Crippen molar-refractivity contribution in [2.45, 2.75) is 19.4 Å². The van der Waals surface area contributed by atoms with Gasteiger partial charge in [-0.1, -0.05) is 12.1 Å². The highest BCUT2D eigenvalue weighted by Crippen LogP contribution is 2.18. The number of hydrogen-bond donors (Lipinski definition) is 2. The smallest absolute Gasteiger partial charge is 0.224 e. The van der Waals surface area contributed by atoms with E-state index in [0.717, 1.165) is 11.4 Å². The molecule has 0 bridgehead atoms. The van der Waals surface area contributed by atoms with Gasteiger partial charge in [0.1, 0.15) is 12.4 Å². The number of rotatable bonds is 7. The maximum atomic E-state index is 11.6. The first kappa shape index (κ1) is 21.2. The number of amides is 1. The van der Waals surface area contributed by atoms with Crippen LogP contribution in [0.3, 0.4) is 0 Å². The van der Waals surface area contributed by atoms with E-state index in [9.17, 15) is 4.79 Å². The molecule has 1 aromatic carbocycles. The van der Waals surface area contributed by atoms with E-state index in [1.54, 1.807) is 12.3 Å². The minimum absolute atomic E-state index is 0. The minimum atomic E-state index is -0.0395. The van der Waals surface area contributed by atoms with E-state index < -0.39 is 0 Å². The molecular weight excluding hydrogens is 337 g/mol. The van der Waals surface area contributed by atoms with Crippen LogP contribution in [0.1, 0.15) is 18.5 Å². The van der Waals surface area contributed by atoms with E-state index in [2.05, 4.69) is 10.3 Å². The molecule has 0 fully saturated rings. The number of benzene rings is 1. The van der Waals surface area contributed by atoms with Crippen LogP contribution in [0, 0.1) is 0 Å². The molecule has 1 amide bonds. The highest BCUT2D eigenvalue weighted by molar-refractivity contribution is 5.90. The van der Waals surface area contributed by atoms with Crippen LogP contribution in [0.25, 0.3) is 0 Å². The first-order chi connectivity index (χ1) is 10.3. The molecule has 2 aromatic rings. The second-order valence-electron chi connectivity index (χ2n) is 4.58. The molecule has 1 heterocycles. The summed E-state index contributed by atoms with van der Waals surface area (Å²) in [6.45, 7) is 0.909. The van der Waals surface area contributed by atoms with Crippen LogP contribution in [0.4, 0.5) is 5.69 Å². The Labute approximate surface area is 148 Å². The largest absolute Gasteiger partial charge is 0.487 e. The van der Waals surface area contributed by atoms with Crippen molar-refractivity contribution in [2.24, 2.45) is 5.73 Å². The van der Waals surface area contributed by atoms with Crippen molar-refractivity contribution in [3.05, 3.63) is 54.4 Å². The molecule has 5 nitrogen and oxygen atoms in total. The highest BCUT2D eigenvalue weighted by atomic mass is 35.5. The fourth-order valence-corrected chi connectivity index (χ4v) is 1.79. The third-order valence-corrected chi connectivity index (χ3v) is 2.84. The van der Waals surface area contributed by atoms with E-state index >= 15 is 0 Å². The molecule has 23 heavy (non-hydrogen) atoms. The van der Waals surface area contributed by atoms with Crippen LogP contribution in [0.5, 0.6) is 5.75 Å². The van der Waals surface area contributed by atoms with Crippen LogP contribution >= 0.6 is 24.8 Å². The van der Waals surface area contributed by atoms with Crippen LogP contribution in [0.2, 0.25) is 0 Å². The highest BCUT2D eigenvalue weighted by Gasteiger charge is 2.03. The Hall–Kier alpha value is -1.82. The summed E-state index contributed by atoms with van der Waals surface area (Å²) >= 11 is 0. The molecule has 0 radical (unpaired) electrons. The van der Waals surface area contributed by atoms with Gasteiger partial charge in [0.15, 0.2) is 0 Å². The third-order valence-electron chi connectivity index (χ3n) is 2.84. The maximum absolute atomic E-state index is 11.6. The number of anilines is 1. The molecule has 0 saturated heterocycles. The number of pyridine rings is 1. The molecule has 126 valence electrons. The number of nitrogens with one attached hydrogen (secondary N) is 1. The van der Waals surface area contributed by atoms with Crippen LogP contribution in [-0.2, 0) is 11.4 Å². The van der Waals surface area contributed by atoms with E-state index in [1.807, 2.05) is 36.4 Å². The lowest BCUT2D eigenvalue weighted by molar-refractivity contribution is -0.116. The average molecular weight is 358 g/mol. The van der Waals surface area contributed by atoms with E-state index in [-0.39, 0.29) is 30.7 Å². The maximum Gasteiger partial charge on any atom is 0.224 e. The molecule has 0 aliphatic rings. The molecule has 2 rings (SSSR count). The summed E-state index contributed by atoms with van der Waals surface area (Å²) in [5.74, 6) is 0.652. The topological polar surface area (TPSA) is 77.2 Å². The normalized spacial score (nSPS) is 9.26. The Morgan fingerprint density at radius 1 is 1.17 bits per heavy atom. The quantitative estimate of drug-likeness (QED) is 0.797. The van der Waals surface area contributed by atoms with Gasteiger partial charge < -0.3 is 15.8 Å². The zero-order valence-electron chi connectivity index (χ0n) is 12.6. The molecule has 3 N–H and O–H groups in total. The predicted octanol–water partition coefficient (Wildman–Crippen LogP) is 3.18. The molecule has 0 aliphatic carbocycles. The summed E-state index contributed by atoms with van der Waals surface area (Å²) in [6.07, 6.45) is 2.84. The van der Waals surface area contributed by atoms with Gasteiger partial charge in [-0.05, 0) is 37.2 Å². The molecule has 0 atom stereocenters. The van der Waals surface area contributed by atoms with Gasteiger partial charge in [0.05, 0.1) is 5.69 Å². The van der Waals surface area contributed by atoms with Gasteiger partial charge in [0.2, 0.25) is 5.91 Å². The summed E-state index contributed by atoms with van der Waals surface area (Å²) in [5, 5.41) is 2.83. The van der Waals surface area contributed by atoms with Crippen LogP contribution in [-0.4, -0.2) is 17.4 Å². The SMILES string of the molecule is Cl.Cl.NCCCC(=O)Nc1cccc(OCc2ccccn2)c1. The second kappa shape index (κ2) is 11.7. The van der Waals surface area contributed by atoms with E-state index in [0.29, 0.717) is 31.7 Å². The van der Waals surface area contributed by atoms with Gasteiger partial charge in [-0.15, -0.1) is 24.8 Å². The van der Waals surface area contributed by atoms with Gasteiger partial charge in [-0.2, -0.15) is 0 Å². The molecule has 0 saturated carbocycles. The number of nitrogens with zero attached hydrogens (tertiary/aromatic N) is 1. The number of halogens is 2. The Morgan fingerprint density at radius 2 is 2.00 bits per heavy atom. The predicted molar refractivity (Wildman–Crippen MR) is 96.4 cm³/mol. The fourth-order valence-electron chi connectivity index (χ4n) is 1.79. The first-order valence-electron chi connectivity index (χ1n) is 6.90. The number of hydrogen-bond acceptors (Lipinski definition) is 4. The molecule has 7 heteroatoms. The van der Waals surface area contributed by atoms with Gasteiger partial charge in [0, 0.05) is 24.4 Å². The summed E-state index contributed by atoms with van der Waals surface area (Å²) in [4.78, 5) is 15.8. The Kier molecular flexibility index (Phi) is 10.8. The number of nitrogens with two attached hydrogens (primary N) is 1. The summed E-state index contributed by atoms with van der Waals surface area (Å²) in [5.41, 5.74) is 6.96. The number of aromatic nitrogens is 1. The third kappa shape index (κ3) is 7.83. The zero-order chi connectivity index (χ0) is 14.9. The summed E-state index contributed by atoms with van der Waals surface area (Å²) in [6, 6.07) is 13.0. The number of carbonyl (C=O) groups excluding carboxylic acids is 1. The fraction of sp³-hybridized carbons (Fsp3) is 0.250. The van der Waals surface area contributed by atoms with Crippen molar-refractivity contribution >= 4 is 36.4 Å². The van der Waals surface area contributed by atoms with Crippen LogP contribution < -0.4 is 15.8 Å². The van der Waals surface area contributed by atoms with Crippen molar-refractivity contribution in [1.82, 2.24) is 4.98 Å². The van der Waals surface area contributed by atoms with Crippen molar-refractivity contribution in [3.63, 3.8) is 0 Å². The first-order valence-corrected chi connectivity index (χ1v) is 6.90. The van der Waals surface area contributed by atoms with Gasteiger partial charge in [-0.25, -0.2) is 0 Å². The minimum Gasteiger partial charge on any atom is -0.487 e.